The van der Waals surface area contributed by atoms with Gasteiger partial charge in [0.2, 0.25) is 0 Å². The molecule has 0 bridgehead atoms. The summed E-state index contributed by atoms with van der Waals surface area (Å²) in [4.78, 5) is 22.4. The van der Waals surface area contributed by atoms with E-state index in [9.17, 15) is 9.59 Å². The third kappa shape index (κ3) is 3.58. The lowest BCUT2D eigenvalue weighted by Crippen LogP contribution is -2.23. The molecule has 0 unspecified atom stereocenters. The number of carbonyl (C=O) groups is 2. The van der Waals surface area contributed by atoms with Crippen LogP contribution in [0.5, 0.6) is 0 Å². The van der Waals surface area contributed by atoms with Gasteiger partial charge in [-0.1, -0.05) is 29.8 Å². The van der Waals surface area contributed by atoms with Crippen molar-refractivity contribution >= 4 is 23.5 Å². The molecule has 0 aliphatic rings. The average molecular weight is 294 g/mol. The van der Waals surface area contributed by atoms with Crippen molar-refractivity contribution in [2.75, 3.05) is 0 Å². The fourth-order valence-corrected chi connectivity index (χ4v) is 1.82. The molecule has 1 aromatic carbocycles. The summed E-state index contributed by atoms with van der Waals surface area (Å²) in [5, 5.41) is 15.7. The fraction of sp³-hybridized carbons (Fsp3) is 0.154. The van der Waals surface area contributed by atoms with E-state index in [1.165, 1.54) is 16.9 Å². The topological polar surface area (TPSA) is 84.2 Å². The van der Waals surface area contributed by atoms with Gasteiger partial charge in [0.1, 0.15) is 12.2 Å². The number of carbonyl (C=O) groups excluding carboxylic acids is 1. The number of nitrogens with one attached hydrogen (secondary N) is 1. The lowest BCUT2D eigenvalue weighted by atomic mass is 10.2. The van der Waals surface area contributed by atoms with Crippen LogP contribution in [0, 0.1) is 0 Å². The van der Waals surface area contributed by atoms with Gasteiger partial charge in [-0.2, -0.15) is 5.10 Å². The molecule has 2 aromatic rings. The van der Waals surface area contributed by atoms with Gasteiger partial charge in [-0.15, -0.1) is 0 Å². The molecule has 20 heavy (non-hydrogen) atoms. The maximum Gasteiger partial charge on any atom is 0.325 e. The van der Waals surface area contributed by atoms with E-state index in [2.05, 4.69) is 10.4 Å². The summed E-state index contributed by atoms with van der Waals surface area (Å²) in [5.41, 5.74) is 0.964. The summed E-state index contributed by atoms with van der Waals surface area (Å²) in [6.45, 7) is 0.00207. The van der Waals surface area contributed by atoms with Gasteiger partial charge in [0.25, 0.3) is 5.91 Å². The Morgan fingerprint density at radius 3 is 2.75 bits per heavy atom. The van der Waals surface area contributed by atoms with Crippen LogP contribution in [0.4, 0.5) is 0 Å². The van der Waals surface area contributed by atoms with Gasteiger partial charge in [0, 0.05) is 17.8 Å². The minimum absolute atomic E-state index is 0.165. The van der Waals surface area contributed by atoms with Crippen LogP contribution in [0.1, 0.15) is 16.1 Å². The second kappa shape index (κ2) is 6.21. The molecule has 0 atom stereocenters. The molecule has 1 heterocycles. The van der Waals surface area contributed by atoms with Crippen molar-refractivity contribution in [2.24, 2.45) is 0 Å². The Morgan fingerprint density at radius 2 is 2.05 bits per heavy atom. The van der Waals surface area contributed by atoms with E-state index in [0.29, 0.717) is 5.02 Å². The first-order valence-electron chi connectivity index (χ1n) is 5.83. The number of hydrogen-bond donors (Lipinski definition) is 2. The largest absolute Gasteiger partial charge is 0.480 e. The maximum atomic E-state index is 11.9. The van der Waals surface area contributed by atoms with Crippen molar-refractivity contribution in [3.8, 4) is 0 Å². The second-order valence-corrected chi connectivity index (χ2v) is 4.47. The quantitative estimate of drug-likeness (QED) is 0.876. The molecule has 1 aromatic heterocycles. The molecule has 6 nitrogen and oxygen atoms in total. The van der Waals surface area contributed by atoms with Crippen molar-refractivity contribution in [1.82, 2.24) is 15.1 Å². The van der Waals surface area contributed by atoms with Gasteiger partial charge >= 0.3 is 5.97 Å². The van der Waals surface area contributed by atoms with Gasteiger partial charge in [-0.05, 0) is 17.7 Å². The molecule has 0 spiro atoms. The van der Waals surface area contributed by atoms with Crippen molar-refractivity contribution in [3.63, 3.8) is 0 Å². The summed E-state index contributed by atoms with van der Waals surface area (Å²) >= 11 is 5.98. The van der Waals surface area contributed by atoms with Crippen LogP contribution < -0.4 is 5.32 Å². The summed E-state index contributed by atoms with van der Waals surface area (Å²) in [6.07, 6.45) is 1.44. The molecule has 0 radical (unpaired) electrons. The van der Waals surface area contributed by atoms with Crippen molar-refractivity contribution in [3.05, 3.63) is 52.8 Å². The van der Waals surface area contributed by atoms with Gasteiger partial charge in [0.05, 0.1) is 0 Å². The van der Waals surface area contributed by atoms with Crippen LogP contribution in [-0.4, -0.2) is 26.8 Å². The van der Waals surface area contributed by atoms with Crippen LogP contribution in [0.25, 0.3) is 0 Å². The van der Waals surface area contributed by atoms with E-state index < -0.39 is 5.97 Å². The zero-order valence-corrected chi connectivity index (χ0v) is 11.2. The van der Waals surface area contributed by atoms with E-state index in [0.717, 1.165) is 5.56 Å². The number of aromatic nitrogens is 2. The van der Waals surface area contributed by atoms with Gasteiger partial charge < -0.3 is 10.4 Å². The molecule has 0 fully saturated rings. The monoisotopic (exact) mass is 293 g/mol. The van der Waals surface area contributed by atoms with Crippen molar-refractivity contribution < 1.29 is 14.7 Å². The minimum atomic E-state index is -1.02. The number of carboxylic acids is 1. The summed E-state index contributed by atoms with van der Waals surface area (Å²) in [5.74, 6) is -1.40. The molecule has 2 N–H and O–H groups in total. The number of carboxylic acid groups (broad SMARTS) is 1. The number of rotatable bonds is 5. The Morgan fingerprint density at radius 1 is 1.30 bits per heavy atom. The highest BCUT2D eigenvalue weighted by Gasteiger charge is 2.11. The lowest BCUT2D eigenvalue weighted by Gasteiger charge is -2.05. The van der Waals surface area contributed by atoms with Crippen LogP contribution in [-0.2, 0) is 17.9 Å². The molecule has 0 saturated carbocycles. The standard InChI is InChI=1S/C13H12ClN3O3/c14-10-4-2-1-3-9(10)7-15-13(20)11-5-6-17(16-11)8-12(18)19/h1-6H,7-8H2,(H,15,20)(H,18,19). The van der Waals surface area contributed by atoms with Crippen LogP contribution in [0.2, 0.25) is 5.02 Å². The third-order valence-corrected chi connectivity index (χ3v) is 2.94. The smallest absolute Gasteiger partial charge is 0.325 e. The highest BCUT2D eigenvalue weighted by Crippen LogP contribution is 2.14. The normalized spacial score (nSPS) is 10.2. The average Bonchev–Trinajstić information content (AvgIpc) is 2.85. The lowest BCUT2D eigenvalue weighted by molar-refractivity contribution is -0.137. The van der Waals surface area contributed by atoms with Crippen LogP contribution in [0.3, 0.4) is 0 Å². The predicted octanol–water partition coefficient (Wildman–Crippen LogP) is 1.55. The summed E-state index contributed by atoms with van der Waals surface area (Å²) in [7, 11) is 0. The summed E-state index contributed by atoms with van der Waals surface area (Å²) in [6, 6.07) is 8.65. The van der Waals surface area contributed by atoms with E-state index in [1.54, 1.807) is 12.1 Å². The van der Waals surface area contributed by atoms with Gasteiger partial charge in [-0.3, -0.25) is 14.3 Å². The second-order valence-electron chi connectivity index (χ2n) is 4.07. The zero-order chi connectivity index (χ0) is 14.5. The Kier molecular flexibility index (Phi) is 4.37. The predicted molar refractivity (Wildman–Crippen MR) is 72.5 cm³/mol. The minimum Gasteiger partial charge on any atom is -0.480 e. The van der Waals surface area contributed by atoms with Gasteiger partial charge in [-0.25, -0.2) is 0 Å². The van der Waals surface area contributed by atoms with E-state index >= 15 is 0 Å². The van der Waals surface area contributed by atoms with Crippen LogP contribution in [0.15, 0.2) is 36.5 Å². The molecular formula is C13H12ClN3O3. The van der Waals surface area contributed by atoms with E-state index in [1.807, 2.05) is 12.1 Å². The Balaban J connectivity index is 1.97. The highest BCUT2D eigenvalue weighted by molar-refractivity contribution is 6.31. The number of aliphatic carboxylic acids is 1. The molecule has 0 saturated heterocycles. The first-order valence-corrected chi connectivity index (χ1v) is 6.21. The molecule has 1 amide bonds. The molecule has 7 heteroatoms. The number of amides is 1. The number of benzene rings is 1. The van der Waals surface area contributed by atoms with Crippen molar-refractivity contribution in [2.45, 2.75) is 13.1 Å². The highest BCUT2D eigenvalue weighted by atomic mass is 35.5. The van der Waals surface area contributed by atoms with Crippen LogP contribution >= 0.6 is 11.6 Å². The zero-order valence-electron chi connectivity index (χ0n) is 10.4. The van der Waals surface area contributed by atoms with E-state index in [-0.39, 0.29) is 24.7 Å². The Labute approximate surface area is 120 Å². The SMILES string of the molecule is O=C(O)Cn1ccc(C(=O)NCc2ccccc2Cl)n1. The van der Waals surface area contributed by atoms with E-state index in [4.69, 9.17) is 16.7 Å². The molecule has 2 rings (SSSR count). The van der Waals surface area contributed by atoms with Crippen molar-refractivity contribution in [1.29, 1.82) is 0 Å². The Bertz CT molecular complexity index is 639. The molecular weight excluding hydrogens is 282 g/mol. The molecule has 0 aliphatic heterocycles. The number of halogens is 1. The first-order chi connectivity index (χ1) is 9.56. The number of hydrogen-bond acceptors (Lipinski definition) is 3. The Hall–Kier alpha value is -2.34. The molecule has 0 aliphatic carbocycles. The summed E-state index contributed by atoms with van der Waals surface area (Å²) < 4.78 is 1.19. The maximum absolute atomic E-state index is 11.9. The third-order valence-electron chi connectivity index (χ3n) is 2.57. The van der Waals surface area contributed by atoms with Gasteiger partial charge in [0.15, 0.2) is 0 Å². The fourth-order valence-electron chi connectivity index (χ4n) is 1.62. The molecule has 104 valence electrons. The first kappa shape index (κ1) is 14.1. The number of nitrogens with zero attached hydrogens (tertiary/aromatic N) is 2.